The topological polar surface area (TPSA) is 62.8 Å². The summed E-state index contributed by atoms with van der Waals surface area (Å²) in [6, 6.07) is 7.12. The molecule has 0 radical (unpaired) electrons. The quantitative estimate of drug-likeness (QED) is 0.813. The highest BCUT2D eigenvalue weighted by molar-refractivity contribution is 7.94. The van der Waals surface area contributed by atoms with E-state index in [0.717, 1.165) is 5.41 Å². The van der Waals surface area contributed by atoms with Crippen LogP contribution in [0.5, 0.6) is 0 Å². The van der Waals surface area contributed by atoms with E-state index in [1.54, 1.807) is 18.2 Å². The van der Waals surface area contributed by atoms with Gasteiger partial charge in [0, 0.05) is 5.41 Å². The molecule has 0 saturated carbocycles. The standard InChI is InChI=1S/C9H8N2O2S/c1-2-14(12,13)9-10-7-5-3-4-6-8(7)11-9/h2-6H,1H2,(H,10,11). The van der Waals surface area contributed by atoms with E-state index in [2.05, 4.69) is 16.5 Å². The summed E-state index contributed by atoms with van der Waals surface area (Å²) >= 11 is 0. The number of fused-ring (bicyclic) bond motifs is 1. The molecule has 72 valence electrons. The summed E-state index contributed by atoms with van der Waals surface area (Å²) in [5, 5.41) is 0.818. The molecule has 1 aromatic carbocycles. The number of sulfone groups is 1. The van der Waals surface area contributed by atoms with Gasteiger partial charge < -0.3 is 4.98 Å². The van der Waals surface area contributed by atoms with Gasteiger partial charge in [0.1, 0.15) is 0 Å². The molecular formula is C9H8N2O2S. The lowest BCUT2D eigenvalue weighted by Crippen LogP contribution is -1.97. The van der Waals surface area contributed by atoms with Crippen LogP contribution < -0.4 is 0 Å². The van der Waals surface area contributed by atoms with Gasteiger partial charge in [-0.2, -0.15) is 0 Å². The highest BCUT2D eigenvalue weighted by Gasteiger charge is 2.14. The number of aromatic nitrogens is 2. The van der Waals surface area contributed by atoms with Crippen molar-refractivity contribution in [2.24, 2.45) is 0 Å². The minimum absolute atomic E-state index is 0.0614. The molecule has 0 aliphatic rings. The van der Waals surface area contributed by atoms with Gasteiger partial charge in [-0.25, -0.2) is 13.4 Å². The number of benzene rings is 1. The molecule has 0 amide bonds. The molecule has 1 N–H and O–H groups in total. The van der Waals surface area contributed by atoms with Gasteiger partial charge in [-0.15, -0.1) is 0 Å². The third-order valence-electron chi connectivity index (χ3n) is 1.86. The Kier molecular flexibility index (Phi) is 1.89. The van der Waals surface area contributed by atoms with Gasteiger partial charge in [-0.05, 0) is 12.1 Å². The summed E-state index contributed by atoms with van der Waals surface area (Å²) in [5.74, 6) is 0. The van der Waals surface area contributed by atoms with E-state index in [1.807, 2.05) is 6.07 Å². The molecule has 2 rings (SSSR count). The first-order chi connectivity index (χ1) is 6.63. The van der Waals surface area contributed by atoms with Crippen molar-refractivity contribution in [3.05, 3.63) is 36.3 Å². The largest absolute Gasteiger partial charge is 0.328 e. The van der Waals surface area contributed by atoms with Crippen molar-refractivity contribution in [3.8, 4) is 0 Å². The van der Waals surface area contributed by atoms with Crippen molar-refractivity contribution in [3.63, 3.8) is 0 Å². The van der Waals surface area contributed by atoms with Crippen LogP contribution >= 0.6 is 0 Å². The summed E-state index contributed by atoms with van der Waals surface area (Å²) in [4.78, 5) is 6.66. The lowest BCUT2D eigenvalue weighted by Gasteiger charge is -1.88. The summed E-state index contributed by atoms with van der Waals surface area (Å²) < 4.78 is 22.7. The van der Waals surface area contributed by atoms with E-state index < -0.39 is 9.84 Å². The molecule has 0 bridgehead atoms. The van der Waals surface area contributed by atoms with Gasteiger partial charge in [-0.3, -0.25) is 0 Å². The molecule has 4 nitrogen and oxygen atoms in total. The maximum Gasteiger partial charge on any atom is 0.232 e. The monoisotopic (exact) mass is 208 g/mol. The molecule has 0 aliphatic carbocycles. The number of nitrogens with one attached hydrogen (secondary N) is 1. The highest BCUT2D eigenvalue weighted by atomic mass is 32.2. The highest BCUT2D eigenvalue weighted by Crippen LogP contribution is 2.14. The van der Waals surface area contributed by atoms with Crippen LogP contribution in [0, 0.1) is 0 Å². The van der Waals surface area contributed by atoms with Gasteiger partial charge in [0.15, 0.2) is 0 Å². The Morgan fingerprint density at radius 3 is 2.71 bits per heavy atom. The van der Waals surface area contributed by atoms with Gasteiger partial charge in [0.2, 0.25) is 15.0 Å². The fourth-order valence-electron chi connectivity index (χ4n) is 1.14. The fraction of sp³-hybridized carbons (Fsp3) is 0. The Hall–Kier alpha value is -1.62. The summed E-state index contributed by atoms with van der Waals surface area (Å²) in [5.41, 5.74) is 1.33. The van der Waals surface area contributed by atoms with E-state index in [9.17, 15) is 8.42 Å². The van der Waals surface area contributed by atoms with Crippen LogP contribution in [0.15, 0.2) is 41.4 Å². The number of aromatic amines is 1. The van der Waals surface area contributed by atoms with Crippen molar-refractivity contribution >= 4 is 20.9 Å². The van der Waals surface area contributed by atoms with Crippen molar-refractivity contribution in [1.29, 1.82) is 0 Å². The smallest absolute Gasteiger partial charge is 0.232 e. The first kappa shape index (κ1) is 8.96. The summed E-state index contributed by atoms with van der Waals surface area (Å²) in [6.07, 6.45) is 0. The number of hydrogen-bond acceptors (Lipinski definition) is 3. The Morgan fingerprint density at radius 2 is 2.07 bits per heavy atom. The Morgan fingerprint density at radius 1 is 1.36 bits per heavy atom. The zero-order valence-corrected chi connectivity index (χ0v) is 8.08. The number of nitrogens with zero attached hydrogens (tertiary/aromatic N) is 1. The number of rotatable bonds is 2. The van der Waals surface area contributed by atoms with E-state index in [0.29, 0.717) is 11.0 Å². The van der Waals surface area contributed by atoms with Crippen LogP contribution in [-0.4, -0.2) is 18.4 Å². The van der Waals surface area contributed by atoms with Crippen LogP contribution in [0.3, 0.4) is 0 Å². The Bertz CT molecular complexity index is 551. The SMILES string of the molecule is C=CS(=O)(=O)c1nc2ccccc2[nH]1. The van der Waals surface area contributed by atoms with Gasteiger partial charge in [0.05, 0.1) is 11.0 Å². The number of H-pyrrole nitrogens is 1. The van der Waals surface area contributed by atoms with Gasteiger partial charge in [0.25, 0.3) is 0 Å². The molecule has 2 aromatic rings. The molecule has 0 saturated heterocycles. The Labute approximate surface area is 81.2 Å². The van der Waals surface area contributed by atoms with Crippen molar-refractivity contribution in [2.45, 2.75) is 5.16 Å². The van der Waals surface area contributed by atoms with Crippen LogP contribution in [0.4, 0.5) is 0 Å². The average Bonchev–Trinajstić information content (AvgIpc) is 2.61. The molecule has 0 unspecified atom stereocenters. The minimum Gasteiger partial charge on any atom is -0.328 e. The minimum atomic E-state index is -3.46. The van der Waals surface area contributed by atoms with Crippen LogP contribution in [0.1, 0.15) is 0 Å². The normalized spacial score (nSPS) is 11.7. The fourth-order valence-corrected chi connectivity index (χ4v) is 1.78. The average molecular weight is 208 g/mol. The Balaban J connectivity index is 2.73. The third-order valence-corrected chi connectivity index (χ3v) is 3.03. The molecule has 5 heteroatoms. The third kappa shape index (κ3) is 1.31. The predicted molar refractivity (Wildman–Crippen MR) is 53.5 cm³/mol. The zero-order valence-electron chi connectivity index (χ0n) is 7.27. The second-order valence-corrected chi connectivity index (χ2v) is 4.58. The first-order valence-corrected chi connectivity index (χ1v) is 5.50. The zero-order chi connectivity index (χ0) is 10.2. The van der Waals surface area contributed by atoms with E-state index in [4.69, 9.17) is 0 Å². The van der Waals surface area contributed by atoms with Crippen molar-refractivity contribution < 1.29 is 8.42 Å². The number of para-hydroxylation sites is 2. The van der Waals surface area contributed by atoms with E-state index in [-0.39, 0.29) is 5.16 Å². The predicted octanol–water partition coefficient (Wildman–Crippen LogP) is 1.48. The van der Waals surface area contributed by atoms with Crippen LogP contribution in [0.2, 0.25) is 0 Å². The van der Waals surface area contributed by atoms with E-state index >= 15 is 0 Å². The molecule has 1 aromatic heterocycles. The number of imidazole rings is 1. The molecule has 1 heterocycles. The molecule has 14 heavy (non-hydrogen) atoms. The van der Waals surface area contributed by atoms with Gasteiger partial charge in [-0.1, -0.05) is 18.7 Å². The van der Waals surface area contributed by atoms with E-state index in [1.165, 1.54) is 0 Å². The lowest BCUT2D eigenvalue weighted by molar-refractivity contribution is 0.598. The summed E-state index contributed by atoms with van der Waals surface area (Å²) in [6.45, 7) is 3.23. The van der Waals surface area contributed by atoms with Crippen molar-refractivity contribution in [2.75, 3.05) is 0 Å². The van der Waals surface area contributed by atoms with Gasteiger partial charge >= 0.3 is 0 Å². The van der Waals surface area contributed by atoms with Crippen LogP contribution in [-0.2, 0) is 9.84 Å². The molecule has 0 atom stereocenters. The van der Waals surface area contributed by atoms with Crippen molar-refractivity contribution in [1.82, 2.24) is 9.97 Å². The maximum atomic E-state index is 11.4. The van der Waals surface area contributed by atoms with Crippen LogP contribution in [0.25, 0.3) is 11.0 Å². The molecular weight excluding hydrogens is 200 g/mol. The summed E-state index contributed by atoms with van der Waals surface area (Å²) in [7, 11) is -3.46. The second kappa shape index (κ2) is 2.95. The molecule has 0 fully saturated rings. The first-order valence-electron chi connectivity index (χ1n) is 3.96. The molecule has 0 spiro atoms. The lowest BCUT2D eigenvalue weighted by atomic mass is 10.3. The maximum absolute atomic E-state index is 11.4. The number of hydrogen-bond donors (Lipinski definition) is 1. The second-order valence-electron chi connectivity index (χ2n) is 2.77. The molecule has 0 aliphatic heterocycles.